The van der Waals surface area contributed by atoms with Crippen molar-refractivity contribution in [3.63, 3.8) is 0 Å². The van der Waals surface area contributed by atoms with Gasteiger partial charge in [-0.25, -0.2) is 11.7 Å². The van der Waals surface area contributed by atoms with Crippen molar-refractivity contribution in [1.82, 2.24) is 10.9 Å². The number of nitrogens with two attached hydrogens (primary N) is 2. The van der Waals surface area contributed by atoms with Gasteiger partial charge in [0.1, 0.15) is 0 Å². The minimum absolute atomic E-state index is 0.275. The molecule has 0 aliphatic rings. The monoisotopic (exact) mass is 486 g/mol. The normalized spacial score (nSPS) is 10.9. The Labute approximate surface area is 200 Å². The minimum atomic E-state index is -0.514. The van der Waals surface area contributed by atoms with Gasteiger partial charge in [0.15, 0.2) is 0 Å². The molecule has 12 heteroatoms. The van der Waals surface area contributed by atoms with Crippen molar-refractivity contribution in [3.05, 3.63) is 34.4 Å². The number of hydrogen-bond acceptors (Lipinski definition) is 10. The number of benzene rings is 1. The largest absolute Gasteiger partial charge is 0.382 e. The summed E-state index contributed by atoms with van der Waals surface area (Å²) in [5, 5.41) is 0. The van der Waals surface area contributed by atoms with E-state index in [9.17, 15) is 9.59 Å². The molecule has 1 rings (SSSR count). The van der Waals surface area contributed by atoms with Crippen molar-refractivity contribution in [2.24, 2.45) is 11.7 Å². The Morgan fingerprint density at radius 3 is 1.32 bits per heavy atom. The van der Waals surface area contributed by atoms with Crippen LogP contribution in [0.5, 0.6) is 0 Å². The Kier molecular flexibility index (Phi) is 16.8. The summed E-state index contributed by atoms with van der Waals surface area (Å²) in [5.74, 6) is 9.65. The Balaban J connectivity index is 2.76. The van der Waals surface area contributed by atoms with E-state index in [-0.39, 0.29) is 11.1 Å². The Morgan fingerprint density at radius 2 is 0.971 bits per heavy atom. The average Bonchev–Trinajstić information content (AvgIpc) is 2.86. The fraction of sp³-hybridized carbons (Fsp3) is 0.636. The van der Waals surface area contributed by atoms with Gasteiger partial charge in [0.2, 0.25) is 0 Å². The third-order valence-corrected chi connectivity index (χ3v) is 4.72. The van der Waals surface area contributed by atoms with Crippen LogP contribution in [-0.2, 0) is 41.3 Å². The summed E-state index contributed by atoms with van der Waals surface area (Å²) < 4.78 is 31.7. The third kappa shape index (κ3) is 11.8. The van der Waals surface area contributed by atoms with Gasteiger partial charge >= 0.3 is 0 Å². The van der Waals surface area contributed by atoms with Gasteiger partial charge in [-0.3, -0.25) is 20.4 Å². The standard InChI is InChI=1S/C22H38N4O8/c1-29-7-9-33-13-11-31-5-3-17-15-18(4-6-32-12-14-34-10-8-30-2)20(22(28)26-24)16-19(17)21(27)25-23/h15-16H,3-14,23-24H2,1-2H3,(H,25,27)(H,26,28). The summed E-state index contributed by atoms with van der Waals surface area (Å²) in [5.41, 5.74) is 6.16. The van der Waals surface area contributed by atoms with Crippen molar-refractivity contribution in [2.45, 2.75) is 12.8 Å². The number of hydrazine groups is 2. The SMILES string of the molecule is COCCOCCOCCc1cc(CCOCCOCCOC)c(C(=O)NN)cc1C(=O)NN. The van der Waals surface area contributed by atoms with E-state index < -0.39 is 11.8 Å². The number of nitrogen functional groups attached to an aromatic ring is 2. The topological polar surface area (TPSA) is 166 Å². The highest BCUT2D eigenvalue weighted by atomic mass is 16.5. The first kappa shape index (κ1) is 29.9. The van der Waals surface area contributed by atoms with Crippen LogP contribution in [0.3, 0.4) is 0 Å². The number of ether oxygens (including phenoxy) is 6. The van der Waals surface area contributed by atoms with Crippen LogP contribution in [0.2, 0.25) is 0 Å². The average molecular weight is 487 g/mol. The van der Waals surface area contributed by atoms with Crippen LogP contribution in [0, 0.1) is 0 Å². The summed E-state index contributed by atoms with van der Waals surface area (Å²) in [7, 11) is 3.22. The van der Waals surface area contributed by atoms with Gasteiger partial charge in [-0.15, -0.1) is 0 Å². The molecule has 12 nitrogen and oxygen atoms in total. The molecule has 1 aromatic carbocycles. The maximum absolute atomic E-state index is 12.3. The molecular formula is C22H38N4O8. The minimum Gasteiger partial charge on any atom is -0.382 e. The van der Waals surface area contributed by atoms with Gasteiger partial charge < -0.3 is 28.4 Å². The highest BCUT2D eigenvalue weighted by Crippen LogP contribution is 2.19. The maximum atomic E-state index is 12.3. The van der Waals surface area contributed by atoms with Crippen LogP contribution in [0.25, 0.3) is 0 Å². The molecule has 0 bridgehead atoms. The summed E-state index contributed by atoms with van der Waals surface area (Å²) in [6, 6.07) is 3.27. The van der Waals surface area contributed by atoms with Gasteiger partial charge in [-0.05, 0) is 30.0 Å². The quantitative estimate of drug-likeness (QED) is 0.0804. The Morgan fingerprint density at radius 1 is 0.618 bits per heavy atom. The molecule has 6 N–H and O–H groups in total. The molecule has 194 valence electrons. The molecule has 34 heavy (non-hydrogen) atoms. The molecule has 0 saturated heterocycles. The number of rotatable bonds is 20. The zero-order valence-electron chi connectivity index (χ0n) is 20.1. The molecule has 0 saturated carbocycles. The van der Waals surface area contributed by atoms with Crippen LogP contribution in [0.15, 0.2) is 12.1 Å². The molecule has 0 aromatic heterocycles. The number of nitrogens with one attached hydrogen (secondary N) is 2. The third-order valence-electron chi connectivity index (χ3n) is 4.72. The second kappa shape index (κ2) is 19.2. The molecular weight excluding hydrogens is 448 g/mol. The van der Waals surface area contributed by atoms with Crippen molar-refractivity contribution in [1.29, 1.82) is 0 Å². The van der Waals surface area contributed by atoms with E-state index in [1.807, 2.05) is 0 Å². The zero-order chi connectivity index (χ0) is 25.0. The Bertz CT molecular complexity index is 665. The number of carbonyl (C=O) groups excluding carboxylic acids is 2. The van der Waals surface area contributed by atoms with Crippen LogP contribution in [0.4, 0.5) is 0 Å². The van der Waals surface area contributed by atoms with Gasteiger partial charge in [0.05, 0.1) is 66.1 Å². The van der Waals surface area contributed by atoms with Crippen LogP contribution < -0.4 is 22.5 Å². The maximum Gasteiger partial charge on any atom is 0.265 e. The van der Waals surface area contributed by atoms with Gasteiger partial charge in [-0.2, -0.15) is 0 Å². The van der Waals surface area contributed by atoms with Crippen molar-refractivity contribution < 1.29 is 38.0 Å². The molecule has 0 heterocycles. The van der Waals surface area contributed by atoms with Crippen molar-refractivity contribution >= 4 is 11.8 Å². The summed E-state index contributed by atoms with van der Waals surface area (Å²) in [4.78, 5) is 24.7. The lowest BCUT2D eigenvalue weighted by Crippen LogP contribution is -2.33. The fourth-order valence-corrected chi connectivity index (χ4v) is 2.98. The molecule has 0 fully saturated rings. The van der Waals surface area contributed by atoms with Crippen LogP contribution in [-0.4, -0.2) is 92.1 Å². The van der Waals surface area contributed by atoms with E-state index in [0.29, 0.717) is 90.0 Å². The predicted molar refractivity (Wildman–Crippen MR) is 124 cm³/mol. The fourth-order valence-electron chi connectivity index (χ4n) is 2.98. The highest BCUT2D eigenvalue weighted by Gasteiger charge is 2.19. The van der Waals surface area contributed by atoms with E-state index in [2.05, 4.69) is 10.9 Å². The predicted octanol–water partition coefficient (Wildman–Crippen LogP) is -0.662. The highest BCUT2D eigenvalue weighted by molar-refractivity contribution is 6.01. The van der Waals surface area contributed by atoms with Gasteiger partial charge in [0, 0.05) is 25.3 Å². The van der Waals surface area contributed by atoms with Crippen LogP contribution >= 0.6 is 0 Å². The van der Waals surface area contributed by atoms with Crippen molar-refractivity contribution in [2.75, 3.05) is 80.3 Å². The zero-order valence-corrected chi connectivity index (χ0v) is 20.1. The summed E-state index contributed by atoms with van der Waals surface area (Å²) in [6.45, 7) is 4.43. The molecule has 0 unspecified atom stereocenters. The molecule has 1 aromatic rings. The second-order valence-corrected chi connectivity index (χ2v) is 7.05. The lowest BCUT2D eigenvalue weighted by Gasteiger charge is -2.16. The van der Waals surface area contributed by atoms with E-state index >= 15 is 0 Å². The first-order valence-electron chi connectivity index (χ1n) is 11.1. The smallest absolute Gasteiger partial charge is 0.265 e. The Hall–Kier alpha value is -2.16. The molecule has 0 atom stereocenters. The first-order valence-corrected chi connectivity index (χ1v) is 11.1. The molecule has 0 radical (unpaired) electrons. The number of carbonyl (C=O) groups is 2. The van der Waals surface area contributed by atoms with E-state index in [4.69, 9.17) is 40.1 Å². The van der Waals surface area contributed by atoms with Gasteiger partial charge in [-0.1, -0.05) is 6.07 Å². The second-order valence-electron chi connectivity index (χ2n) is 7.05. The lowest BCUT2D eigenvalue weighted by molar-refractivity contribution is 0.0253. The molecule has 0 spiro atoms. The molecule has 0 aliphatic carbocycles. The number of hydrogen-bond donors (Lipinski definition) is 4. The lowest BCUT2D eigenvalue weighted by atomic mass is 9.94. The molecule has 0 aliphatic heterocycles. The first-order chi connectivity index (χ1) is 16.6. The van der Waals surface area contributed by atoms with E-state index in [1.54, 1.807) is 20.3 Å². The van der Waals surface area contributed by atoms with Crippen molar-refractivity contribution in [3.8, 4) is 0 Å². The van der Waals surface area contributed by atoms with Gasteiger partial charge in [0.25, 0.3) is 11.8 Å². The summed E-state index contributed by atoms with van der Waals surface area (Å²) >= 11 is 0. The number of methoxy groups -OCH3 is 2. The number of amides is 2. The summed E-state index contributed by atoms with van der Waals surface area (Å²) in [6.07, 6.45) is 0.874. The van der Waals surface area contributed by atoms with Crippen LogP contribution in [0.1, 0.15) is 31.8 Å². The molecule has 2 amide bonds. The van der Waals surface area contributed by atoms with E-state index in [1.165, 1.54) is 6.07 Å². The van der Waals surface area contributed by atoms with E-state index in [0.717, 1.165) is 0 Å².